The Balaban J connectivity index is 2.47. The standard InChI is InChI=1S/C11H9F5N4/c1-2-17-9-7(12)3-8(13)10(19-9)20-5-6(4-18-20)11(14,15)16/h3-5H,2H2,1H3,(H,17,19). The molecule has 0 spiro atoms. The van der Waals surface area contributed by atoms with Gasteiger partial charge in [0.15, 0.2) is 23.3 Å². The van der Waals surface area contributed by atoms with Crippen LogP contribution in [0.3, 0.4) is 0 Å². The molecule has 0 saturated heterocycles. The predicted molar refractivity (Wildman–Crippen MR) is 60.4 cm³/mol. The molecule has 108 valence electrons. The van der Waals surface area contributed by atoms with Crippen molar-refractivity contribution in [1.29, 1.82) is 0 Å². The minimum atomic E-state index is -4.60. The van der Waals surface area contributed by atoms with Crippen molar-refractivity contribution in [3.63, 3.8) is 0 Å². The molecular weight excluding hydrogens is 283 g/mol. The van der Waals surface area contributed by atoms with E-state index in [-0.39, 0.29) is 5.82 Å². The molecule has 0 aliphatic heterocycles. The van der Waals surface area contributed by atoms with Gasteiger partial charge in [-0.25, -0.2) is 18.4 Å². The van der Waals surface area contributed by atoms with Crippen LogP contribution in [0.25, 0.3) is 5.82 Å². The summed E-state index contributed by atoms with van der Waals surface area (Å²) in [5.74, 6) is -2.82. The van der Waals surface area contributed by atoms with E-state index in [0.717, 1.165) is 0 Å². The highest BCUT2D eigenvalue weighted by atomic mass is 19.4. The summed E-state index contributed by atoms with van der Waals surface area (Å²) < 4.78 is 64.9. The molecule has 0 saturated carbocycles. The Morgan fingerprint density at radius 3 is 2.50 bits per heavy atom. The molecule has 9 heteroatoms. The lowest BCUT2D eigenvalue weighted by Gasteiger charge is -2.08. The van der Waals surface area contributed by atoms with Crippen molar-refractivity contribution in [1.82, 2.24) is 14.8 Å². The van der Waals surface area contributed by atoms with Gasteiger partial charge in [-0.05, 0) is 6.92 Å². The number of hydrogen-bond acceptors (Lipinski definition) is 3. The number of halogens is 5. The first-order valence-corrected chi connectivity index (χ1v) is 5.55. The summed E-state index contributed by atoms with van der Waals surface area (Å²) in [6.45, 7) is 1.99. The second-order valence-corrected chi connectivity index (χ2v) is 3.83. The van der Waals surface area contributed by atoms with Crippen molar-refractivity contribution in [2.24, 2.45) is 0 Å². The number of hydrogen-bond donors (Lipinski definition) is 1. The molecule has 0 aromatic carbocycles. The summed E-state index contributed by atoms with van der Waals surface area (Å²) in [6, 6.07) is 0.537. The molecule has 2 aromatic rings. The van der Waals surface area contributed by atoms with Crippen LogP contribution >= 0.6 is 0 Å². The van der Waals surface area contributed by atoms with Crippen LogP contribution in [-0.2, 0) is 6.18 Å². The van der Waals surface area contributed by atoms with Gasteiger partial charge in [-0.2, -0.15) is 18.3 Å². The second-order valence-electron chi connectivity index (χ2n) is 3.83. The van der Waals surface area contributed by atoms with Gasteiger partial charge >= 0.3 is 6.18 Å². The highest BCUT2D eigenvalue weighted by Gasteiger charge is 2.32. The number of anilines is 1. The first-order chi connectivity index (χ1) is 9.32. The van der Waals surface area contributed by atoms with Crippen molar-refractivity contribution in [3.8, 4) is 5.82 Å². The summed E-state index contributed by atoms with van der Waals surface area (Å²) in [5, 5.41) is 5.92. The van der Waals surface area contributed by atoms with E-state index in [1.165, 1.54) is 0 Å². The van der Waals surface area contributed by atoms with Crippen LogP contribution in [-0.4, -0.2) is 21.3 Å². The summed E-state index contributed by atoms with van der Waals surface area (Å²) in [4.78, 5) is 3.60. The summed E-state index contributed by atoms with van der Waals surface area (Å²) in [7, 11) is 0. The van der Waals surface area contributed by atoms with Crippen molar-refractivity contribution in [3.05, 3.63) is 35.7 Å². The Morgan fingerprint density at radius 2 is 1.95 bits per heavy atom. The van der Waals surface area contributed by atoms with Crippen LogP contribution in [0.1, 0.15) is 12.5 Å². The van der Waals surface area contributed by atoms with Gasteiger partial charge in [-0.1, -0.05) is 0 Å². The van der Waals surface area contributed by atoms with Crippen LogP contribution in [0.5, 0.6) is 0 Å². The highest BCUT2D eigenvalue weighted by molar-refractivity contribution is 5.42. The number of alkyl halides is 3. The van der Waals surface area contributed by atoms with E-state index in [1.54, 1.807) is 6.92 Å². The molecule has 1 N–H and O–H groups in total. The smallest absolute Gasteiger partial charge is 0.368 e. The first kappa shape index (κ1) is 14.2. The molecule has 4 nitrogen and oxygen atoms in total. The van der Waals surface area contributed by atoms with Gasteiger partial charge in [0.1, 0.15) is 0 Å². The van der Waals surface area contributed by atoms with Crippen LogP contribution in [0.15, 0.2) is 18.5 Å². The van der Waals surface area contributed by atoms with E-state index < -0.39 is 29.2 Å². The first-order valence-electron chi connectivity index (χ1n) is 5.55. The van der Waals surface area contributed by atoms with Gasteiger partial charge in [0.25, 0.3) is 0 Å². The lowest BCUT2D eigenvalue weighted by Crippen LogP contribution is -2.09. The summed E-state index contributed by atoms with van der Waals surface area (Å²) in [5.41, 5.74) is -1.05. The van der Waals surface area contributed by atoms with Crippen molar-refractivity contribution >= 4 is 5.82 Å². The molecule has 0 amide bonds. The Bertz CT molecular complexity index is 620. The Labute approximate surface area is 110 Å². The monoisotopic (exact) mass is 292 g/mol. The molecule has 20 heavy (non-hydrogen) atoms. The highest BCUT2D eigenvalue weighted by Crippen LogP contribution is 2.29. The summed E-state index contributed by atoms with van der Waals surface area (Å²) >= 11 is 0. The zero-order chi connectivity index (χ0) is 14.9. The van der Waals surface area contributed by atoms with Crippen LogP contribution in [0, 0.1) is 11.6 Å². The van der Waals surface area contributed by atoms with Gasteiger partial charge in [-0.3, -0.25) is 0 Å². The predicted octanol–water partition coefficient (Wildman–Crippen LogP) is 3.00. The van der Waals surface area contributed by atoms with Crippen molar-refractivity contribution in [2.75, 3.05) is 11.9 Å². The van der Waals surface area contributed by atoms with Crippen LogP contribution in [0.4, 0.5) is 27.8 Å². The lowest BCUT2D eigenvalue weighted by atomic mass is 10.3. The molecule has 2 aromatic heterocycles. The fourth-order valence-corrected chi connectivity index (χ4v) is 1.49. The molecule has 0 bridgehead atoms. The lowest BCUT2D eigenvalue weighted by molar-refractivity contribution is -0.137. The van der Waals surface area contributed by atoms with Crippen molar-refractivity contribution in [2.45, 2.75) is 13.1 Å². The Hall–Kier alpha value is -2.19. The Morgan fingerprint density at radius 1 is 1.25 bits per heavy atom. The molecule has 0 aliphatic carbocycles. The van der Waals surface area contributed by atoms with E-state index in [0.29, 0.717) is 29.7 Å². The molecule has 0 atom stereocenters. The number of nitrogens with zero attached hydrogens (tertiary/aromatic N) is 3. The van der Waals surface area contributed by atoms with Gasteiger partial charge in [0, 0.05) is 18.8 Å². The number of pyridine rings is 1. The third-order valence-corrected chi connectivity index (χ3v) is 2.38. The molecule has 2 rings (SSSR count). The van der Waals surface area contributed by atoms with Crippen LogP contribution in [0.2, 0.25) is 0 Å². The maximum Gasteiger partial charge on any atom is 0.419 e. The quantitative estimate of drug-likeness (QED) is 0.884. The second kappa shape index (κ2) is 5.06. The molecular formula is C11H9F5N4. The molecule has 2 heterocycles. The van der Waals surface area contributed by atoms with Gasteiger partial charge in [-0.15, -0.1) is 0 Å². The fraction of sp³-hybridized carbons (Fsp3) is 0.273. The minimum Gasteiger partial charge on any atom is -0.368 e. The molecule has 0 unspecified atom stereocenters. The number of nitrogens with one attached hydrogen (secondary N) is 1. The Kier molecular flexibility index (Phi) is 3.60. The third-order valence-electron chi connectivity index (χ3n) is 2.38. The van der Waals surface area contributed by atoms with E-state index in [1.807, 2.05) is 0 Å². The topological polar surface area (TPSA) is 42.7 Å². The van der Waals surface area contributed by atoms with E-state index in [4.69, 9.17) is 0 Å². The van der Waals surface area contributed by atoms with Crippen LogP contribution < -0.4 is 5.32 Å². The van der Waals surface area contributed by atoms with E-state index in [9.17, 15) is 22.0 Å². The maximum absolute atomic E-state index is 13.6. The minimum absolute atomic E-state index is 0.257. The third kappa shape index (κ3) is 2.70. The van der Waals surface area contributed by atoms with Gasteiger partial charge in [0.05, 0.1) is 11.8 Å². The number of aromatic nitrogens is 3. The zero-order valence-corrected chi connectivity index (χ0v) is 10.2. The SMILES string of the molecule is CCNc1nc(-n2cc(C(F)(F)F)cn2)c(F)cc1F. The van der Waals surface area contributed by atoms with Crippen molar-refractivity contribution < 1.29 is 22.0 Å². The average molecular weight is 292 g/mol. The van der Waals surface area contributed by atoms with Gasteiger partial charge < -0.3 is 5.32 Å². The van der Waals surface area contributed by atoms with E-state index in [2.05, 4.69) is 15.4 Å². The molecule has 0 fully saturated rings. The summed E-state index contributed by atoms with van der Waals surface area (Å²) in [6.07, 6.45) is -3.48. The maximum atomic E-state index is 13.6. The zero-order valence-electron chi connectivity index (χ0n) is 10.2. The van der Waals surface area contributed by atoms with E-state index >= 15 is 0 Å². The number of rotatable bonds is 3. The molecule has 0 aliphatic rings. The van der Waals surface area contributed by atoms with Gasteiger partial charge in [0.2, 0.25) is 0 Å². The molecule has 0 radical (unpaired) electrons. The fourth-order valence-electron chi connectivity index (χ4n) is 1.49. The normalized spacial score (nSPS) is 11.7. The largest absolute Gasteiger partial charge is 0.419 e. The average Bonchev–Trinajstić information content (AvgIpc) is 2.81.